The van der Waals surface area contributed by atoms with Crippen LogP contribution in [0.1, 0.15) is 25.8 Å². The molecular weight excluding hydrogens is 456 g/mol. The van der Waals surface area contributed by atoms with Crippen LogP contribution in [0.15, 0.2) is 42.1 Å². The topological polar surface area (TPSA) is 109 Å². The Morgan fingerprint density at radius 1 is 1.06 bits per heavy atom. The van der Waals surface area contributed by atoms with Crippen molar-refractivity contribution < 1.29 is 22.7 Å². The summed E-state index contributed by atoms with van der Waals surface area (Å²) in [5.74, 6) is 0.861. The minimum atomic E-state index is -3.42. The lowest BCUT2D eigenvalue weighted by Gasteiger charge is -2.23. The third kappa shape index (κ3) is 5.45. The predicted octanol–water partition coefficient (Wildman–Crippen LogP) is 3.26. The summed E-state index contributed by atoms with van der Waals surface area (Å²) < 4.78 is 36.7. The zero-order valence-electron chi connectivity index (χ0n) is 20.2. The number of fused-ring (bicyclic) bond motifs is 1. The highest BCUT2D eigenvalue weighted by Crippen LogP contribution is 2.42. The van der Waals surface area contributed by atoms with Gasteiger partial charge in [0.25, 0.3) is 5.91 Å². The minimum Gasteiger partial charge on any atom is -0.493 e. The molecule has 1 heterocycles. The third-order valence-electron chi connectivity index (χ3n) is 5.52. The Hall–Kier alpha value is -3.24. The zero-order chi connectivity index (χ0) is 24.9. The first-order valence-corrected chi connectivity index (χ1v) is 12.9. The second kappa shape index (κ2) is 10.8. The monoisotopic (exact) mass is 488 g/mol. The molecule has 1 aliphatic rings. The number of allylic oxidation sites excluding steroid dienone is 1. The fourth-order valence-corrected chi connectivity index (χ4v) is 4.78. The van der Waals surface area contributed by atoms with Gasteiger partial charge < -0.3 is 25.4 Å². The molecule has 1 aliphatic heterocycles. The van der Waals surface area contributed by atoms with E-state index in [0.29, 0.717) is 48.0 Å². The highest BCUT2D eigenvalue weighted by Gasteiger charge is 2.29. The Balaban J connectivity index is 1.91. The molecule has 0 aromatic heterocycles. The van der Waals surface area contributed by atoms with Gasteiger partial charge >= 0.3 is 0 Å². The summed E-state index contributed by atoms with van der Waals surface area (Å²) in [5.41, 5.74) is 3.99. The molecule has 1 amide bonds. The quantitative estimate of drug-likeness (QED) is 0.329. The highest BCUT2D eigenvalue weighted by atomic mass is 32.2. The average molecular weight is 489 g/mol. The van der Waals surface area contributed by atoms with E-state index < -0.39 is 10.0 Å². The Morgan fingerprint density at radius 2 is 1.71 bits per heavy atom. The molecule has 3 N–H and O–H groups in total. The number of methoxy groups -OCH3 is 2. The van der Waals surface area contributed by atoms with Crippen LogP contribution in [0.4, 0.5) is 17.1 Å². The third-order valence-corrected chi connectivity index (χ3v) is 6.71. The van der Waals surface area contributed by atoms with Gasteiger partial charge in [-0.05, 0) is 43.3 Å². The molecule has 34 heavy (non-hydrogen) atoms. The lowest BCUT2D eigenvalue weighted by atomic mass is 10.0. The van der Waals surface area contributed by atoms with E-state index in [1.54, 1.807) is 50.6 Å². The molecule has 0 saturated heterocycles. The molecule has 10 heteroatoms. The molecule has 9 nitrogen and oxygen atoms in total. The fourth-order valence-electron chi connectivity index (χ4n) is 3.85. The van der Waals surface area contributed by atoms with Crippen LogP contribution in [-0.4, -0.2) is 54.4 Å². The molecule has 2 aromatic rings. The number of hydrogen-bond donors (Lipinski definition) is 3. The second-order valence-electron chi connectivity index (χ2n) is 7.77. The molecule has 0 unspecified atom stereocenters. The van der Waals surface area contributed by atoms with E-state index in [4.69, 9.17) is 9.47 Å². The van der Waals surface area contributed by atoms with Gasteiger partial charge in [0, 0.05) is 36.1 Å². The Morgan fingerprint density at radius 3 is 2.26 bits per heavy atom. The van der Waals surface area contributed by atoms with Gasteiger partial charge in [0.15, 0.2) is 11.5 Å². The number of benzene rings is 2. The molecule has 184 valence electrons. The number of nitrogens with one attached hydrogen (secondary N) is 3. The number of carbonyl (C=O) groups is 1. The van der Waals surface area contributed by atoms with Crippen LogP contribution in [0, 0.1) is 0 Å². The van der Waals surface area contributed by atoms with Crippen LogP contribution in [0.25, 0.3) is 5.57 Å². The van der Waals surface area contributed by atoms with Crippen molar-refractivity contribution in [2.45, 2.75) is 20.3 Å². The molecule has 0 radical (unpaired) electrons. The SMILES string of the molecule is CCNCCN(c1ccc(NC(CC)=C2C(=O)Nc3cc(OC)c(OC)cc32)cc1)S(C)(=O)=O. The predicted molar refractivity (Wildman–Crippen MR) is 136 cm³/mol. The second-order valence-corrected chi connectivity index (χ2v) is 9.68. The van der Waals surface area contributed by atoms with Gasteiger partial charge in [0.1, 0.15) is 0 Å². The maximum atomic E-state index is 12.8. The first-order chi connectivity index (χ1) is 16.2. The van der Waals surface area contributed by atoms with Gasteiger partial charge in [-0.3, -0.25) is 9.10 Å². The van der Waals surface area contributed by atoms with E-state index >= 15 is 0 Å². The summed E-state index contributed by atoms with van der Waals surface area (Å²) >= 11 is 0. The number of ether oxygens (including phenoxy) is 2. The van der Waals surface area contributed by atoms with Crippen LogP contribution < -0.4 is 29.7 Å². The maximum Gasteiger partial charge on any atom is 0.258 e. The Labute approximate surface area is 201 Å². The molecule has 0 atom stereocenters. The summed E-state index contributed by atoms with van der Waals surface area (Å²) in [6.45, 7) is 5.59. The summed E-state index contributed by atoms with van der Waals surface area (Å²) in [4.78, 5) is 12.8. The maximum absolute atomic E-state index is 12.8. The van der Waals surface area contributed by atoms with E-state index in [1.165, 1.54) is 10.6 Å². The standard InChI is InChI=1S/C24H32N4O5S/c1-6-19(23-18-14-21(32-3)22(33-4)15-20(18)27-24(23)29)26-16-8-10-17(11-9-16)28(34(5,30)31)13-12-25-7-2/h8-11,14-15,25-26H,6-7,12-13H2,1-5H3,(H,27,29). The molecular formula is C24H32N4O5S. The van der Waals surface area contributed by atoms with Crippen molar-refractivity contribution in [3.63, 3.8) is 0 Å². The van der Waals surface area contributed by atoms with Crippen molar-refractivity contribution in [3.05, 3.63) is 47.7 Å². The highest BCUT2D eigenvalue weighted by molar-refractivity contribution is 7.92. The zero-order valence-corrected chi connectivity index (χ0v) is 21.0. The van der Waals surface area contributed by atoms with Gasteiger partial charge in [-0.15, -0.1) is 0 Å². The molecule has 0 spiro atoms. The van der Waals surface area contributed by atoms with Crippen molar-refractivity contribution in [2.24, 2.45) is 0 Å². The number of hydrogen-bond acceptors (Lipinski definition) is 7. The van der Waals surface area contributed by atoms with Gasteiger partial charge in [0.05, 0.1) is 37.4 Å². The molecule has 3 rings (SSSR count). The number of sulfonamides is 1. The largest absolute Gasteiger partial charge is 0.493 e. The summed E-state index contributed by atoms with van der Waals surface area (Å²) in [6.07, 6.45) is 1.78. The van der Waals surface area contributed by atoms with E-state index in [0.717, 1.165) is 23.5 Å². The van der Waals surface area contributed by atoms with Crippen molar-refractivity contribution in [3.8, 4) is 11.5 Å². The molecule has 0 aliphatic carbocycles. The van der Waals surface area contributed by atoms with Crippen LogP contribution in [-0.2, 0) is 14.8 Å². The Kier molecular flexibility index (Phi) is 8.06. The van der Waals surface area contributed by atoms with Crippen molar-refractivity contribution in [2.75, 3.05) is 55.0 Å². The van der Waals surface area contributed by atoms with Crippen LogP contribution in [0.2, 0.25) is 0 Å². The number of rotatable bonds is 11. The first-order valence-electron chi connectivity index (χ1n) is 11.1. The summed E-state index contributed by atoms with van der Waals surface area (Å²) in [6, 6.07) is 10.6. The first kappa shape index (κ1) is 25.4. The van der Waals surface area contributed by atoms with Crippen LogP contribution in [0.3, 0.4) is 0 Å². The number of nitrogens with zero attached hydrogens (tertiary/aromatic N) is 1. The van der Waals surface area contributed by atoms with E-state index in [1.807, 2.05) is 13.8 Å². The van der Waals surface area contributed by atoms with Crippen molar-refractivity contribution >= 4 is 38.6 Å². The van der Waals surface area contributed by atoms with Crippen molar-refractivity contribution in [1.29, 1.82) is 0 Å². The number of amides is 1. The lowest BCUT2D eigenvalue weighted by molar-refractivity contribution is -0.110. The molecule has 0 fully saturated rings. The van der Waals surface area contributed by atoms with E-state index in [2.05, 4.69) is 16.0 Å². The fraction of sp³-hybridized carbons (Fsp3) is 0.375. The minimum absolute atomic E-state index is 0.210. The van der Waals surface area contributed by atoms with Gasteiger partial charge in [0.2, 0.25) is 10.0 Å². The summed E-state index contributed by atoms with van der Waals surface area (Å²) in [7, 11) is -0.317. The van der Waals surface area contributed by atoms with E-state index in [9.17, 15) is 13.2 Å². The molecule has 2 aromatic carbocycles. The van der Waals surface area contributed by atoms with E-state index in [-0.39, 0.29) is 5.91 Å². The van der Waals surface area contributed by atoms with Gasteiger partial charge in [-0.25, -0.2) is 8.42 Å². The number of anilines is 3. The number of likely N-dealkylation sites (N-methyl/N-ethyl adjacent to an activating group) is 1. The van der Waals surface area contributed by atoms with Crippen molar-refractivity contribution in [1.82, 2.24) is 5.32 Å². The smallest absolute Gasteiger partial charge is 0.258 e. The average Bonchev–Trinajstić information content (AvgIpc) is 3.13. The molecule has 0 saturated carbocycles. The van der Waals surface area contributed by atoms with Crippen LogP contribution in [0.5, 0.6) is 11.5 Å². The van der Waals surface area contributed by atoms with Gasteiger partial charge in [-0.2, -0.15) is 0 Å². The van der Waals surface area contributed by atoms with Gasteiger partial charge in [-0.1, -0.05) is 13.8 Å². The Bertz CT molecular complexity index is 1180. The lowest BCUT2D eigenvalue weighted by Crippen LogP contribution is -2.36. The summed E-state index contributed by atoms with van der Waals surface area (Å²) in [5, 5.41) is 9.36. The normalized spacial score (nSPS) is 14.3. The van der Waals surface area contributed by atoms with Crippen LogP contribution >= 0.6 is 0 Å². The number of carbonyl (C=O) groups excluding carboxylic acids is 1. The molecule has 0 bridgehead atoms.